The molecular weight excluding hydrogens is 236 g/mol. The Morgan fingerprint density at radius 3 is 2.67 bits per heavy atom. The lowest BCUT2D eigenvalue weighted by Gasteiger charge is -2.25. The Morgan fingerprint density at radius 2 is 2.17 bits per heavy atom. The third-order valence-corrected chi connectivity index (χ3v) is 2.28. The average Bonchev–Trinajstić information content (AvgIpc) is 2.13. The molecule has 0 aliphatic carbocycles. The van der Waals surface area contributed by atoms with Crippen molar-refractivity contribution in [3.05, 3.63) is 27.9 Å². The molecular formula is C11H16N4O3. The molecule has 0 aromatic carbocycles. The maximum absolute atomic E-state index is 10.9. The van der Waals surface area contributed by atoms with Gasteiger partial charge in [0, 0.05) is 23.7 Å². The van der Waals surface area contributed by atoms with Crippen LogP contribution < -0.4 is 11.1 Å². The summed E-state index contributed by atoms with van der Waals surface area (Å²) in [7, 11) is 0. The zero-order chi connectivity index (χ0) is 13.9. The van der Waals surface area contributed by atoms with E-state index in [4.69, 9.17) is 5.73 Å². The monoisotopic (exact) mass is 252 g/mol. The standard InChI is InChI=1S/C11H16N4O3/c1-7-4-5-8(15(17)18)10(13-7)14-11(2,3)6-9(12)16/h4-5H,6H2,1-3H3,(H2,12,16)(H,13,14). The Kier molecular flexibility index (Phi) is 3.85. The van der Waals surface area contributed by atoms with Gasteiger partial charge in [0.2, 0.25) is 11.7 Å². The predicted molar refractivity (Wildman–Crippen MR) is 67.1 cm³/mol. The number of carbonyl (C=O) groups is 1. The van der Waals surface area contributed by atoms with Crippen molar-refractivity contribution in [2.75, 3.05) is 5.32 Å². The van der Waals surface area contributed by atoms with Crippen LogP contribution in [0.15, 0.2) is 12.1 Å². The summed E-state index contributed by atoms with van der Waals surface area (Å²) in [5, 5.41) is 13.8. The first kappa shape index (κ1) is 13.9. The Labute approximate surface area is 105 Å². The third-order valence-electron chi connectivity index (χ3n) is 2.28. The number of carbonyl (C=O) groups excluding carboxylic acids is 1. The molecule has 0 saturated carbocycles. The number of aryl methyl sites for hydroxylation is 1. The Bertz CT molecular complexity index is 485. The van der Waals surface area contributed by atoms with Gasteiger partial charge < -0.3 is 11.1 Å². The van der Waals surface area contributed by atoms with Crippen molar-refractivity contribution in [2.45, 2.75) is 32.7 Å². The van der Waals surface area contributed by atoms with Crippen LogP contribution in [0.4, 0.5) is 11.5 Å². The molecule has 1 heterocycles. The van der Waals surface area contributed by atoms with Gasteiger partial charge in [-0.3, -0.25) is 14.9 Å². The van der Waals surface area contributed by atoms with Crippen molar-refractivity contribution < 1.29 is 9.72 Å². The van der Waals surface area contributed by atoms with E-state index in [1.54, 1.807) is 26.8 Å². The molecule has 18 heavy (non-hydrogen) atoms. The summed E-state index contributed by atoms with van der Waals surface area (Å²) in [5.41, 5.74) is 4.95. The molecule has 3 N–H and O–H groups in total. The number of anilines is 1. The van der Waals surface area contributed by atoms with Crippen LogP contribution in [0.3, 0.4) is 0 Å². The van der Waals surface area contributed by atoms with Crippen molar-refractivity contribution in [3.8, 4) is 0 Å². The number of primary amides is 1. The third kappa shape index (κ3) is 3.69. The Morgan fingerprint density at radius 1 is 1.56 bits per heavy atom. The summed E-state index contributed by atoms with van der Waals surface area (Å²) in [6.45, 7) is 5.19. The van der Waals surface area contributed by atoms with E-state index in [2.05, 4.69) is 10.3 Å². The molecule has 0 saturated heterocycles. The number of aromatic nitrogens is 1. The van der Waals surface area contributed by atoms with E-state index in [0.717, 1.165) is 0 Å². The predicted octanol–water partition coefficient (Wildman–Crippen LogP) is 1.36. The molecule has 0 aliphatic heterocycles. The van der Waals surface area contributed by atoms with Gasteiger partial charge >= 0.3 is 5.69 Å². The van der Waals surface area contributed by atoms with E-state index in [1.165, 1.54) is 6.07 Å². The minimum Gasteiger partial charge on any atom is -0.370 e. The fourth-order valence-electron chi connectivity index (χ4n) is 1.59. The average molecular weight is 252 g/mol. The molecule has 0 aliphatic rings. The molecule has 0 atom stereocenters. The van der Waals surface area contributed by atoms with Gasteiger partial charge in [0.05, 0.1) is 4.92 Å². The molecule has 0 unspecified atom stereocenters. The van der Waals surface area contributed by atoms with Gasteiger partial charge in [-0.05, 0) is 26.8 Å². The number of nitrogens with two attached hydrogens (primary N) is 1. The first-order valence-electron chi connectivity index (χ1n) is 5.40. The fourth-order valence-corrected chi connectivity index (χ4v) is 1.59. The summed E-state index contributed by atoms with van der Waals surface area (Å²) >= 11 is 0. The second kappa shape index (κ2) is 4.99. The molecule has 0 spiro atoms. The SMILES string of the molecule is Cc1ccc([N+](=O)[O-])c(NC(C)(C)CC(N)=O)n1. The van der Waals surface area contributed by atoms with Crippen molar-refractivity contribution in [1.82, 2.24) is 4.98 Å². The highest BCUT2D eigenvalue weighted by Gasteiger charge is 2.25. The van der Waals surface area contributed by atoms with Gasteiger partial charge in [0.25, 0.3) is 0 Å². The van der Waals surface area contributed by atoms with Crippen LogP contribution >= 0.6 is 0 Å². The number of nitro groups is 1. The Hall–Kier alpha value is -2.18. The molecule has 98 valence electrons. The largest absolute Gasteiger partial charge is 0.370 e. The number of nitrogens with one attached hydrogen (secondary N) is 1. The normalized spacial score (nSPS) is 11.1. The smallest absolute Gasteiger partial charge is 0.311 e. The summed E-state index contributed by atoms with van der Waals surface area (Å²) < 4.78 is 0. The zero-order valence-corrected chi connectivity index (χ0v) is 10.6. The summed E-state index contributed by atoms with van der Waals surface area (Å²) in [4.78, 5) is 25.4. The highest BCUT2D eigenvalue weighted by Crippen LogP contribution is 2.26. The highest BCUT2D eigenvalue weighted by molar-refractivity contribution is 5.76. The number of hydrogen-bond donors (Lipinski definition) is 2. The van der Waals surface area contributed by atoms with Crippen LogP contribution in [-0.2, 0) is 4.79 Å². The Balaban J connectivity index is 3.05. The van der Waals surface area contributed by atoms with Gasteiger partial charge in [-0.25, -0.2) is 4.98 Å². The lowest BCUT2D eigenvalue weighted by Crippen LogP contribution is -2.36. The highest BCUT2D eigenvalue weighted by atomic mass is 16.6. The maximum Gasteiger partial charge on any atom is 0.311 e. The van der Waals surface area contributed by atoms with Crippen LogP contribution in [0.2, 0.25) is 0 Å². The first-order valence-corrected chi connectivity index (χ1v) is 5.40. The van der Waals surface area contributed by atoms with Crippen LogP contribution in [-0.4, -0.2) is 21.4 Å². The molecule has 1 rings (SSSR count). The minimum absolute atomic E-state index is 0.0553. The number of nitrogens with zero attached hydrogens (tertiary/aromatic N) is 2. The molecule has 0 fully saturated rings. The van der Waals surface area contributed by atoms with Crippen LogP contribution in [0.1, 0.15) is 26.0 Å². The number of amides is 1. The molecule has 0 radical (unpaired) electrons. The molecule has 1 aromatic heterocycles. The topological polar surface area (TPSA) is 111 Å². The molecule has 1 amide bonds. The molecule has 7 nitrogen and oxygen atoms in total. The van der Waals surface area contributed by atoms with E-state index >= 15 is 0 Å². The number of hydrogen-bond acceptors (Lipinski definition) is 5. The summed E-state index contributed by atoms with van der Waals surface area (Å²) in [6, 6.07) is 2.94. The van der Waals surface area contributed by atoms with Crippen LogP contribution in [0.25, 0.3) is 0 Å². The lowest BCUT2D eigenvalue weighted by atomic mass is 10.0. The van der Waals surface area contributed by atoms with Gasteiger partial charge in [-0.1, -0.05) is 0 Å². The van der Waals surface area contributed by atoms with E-state index in [0.29, 0.717) is 5.69 Å². The van der Waals surface area contributed by atoms with Crippen LogP contribution in [0.5, 0.6) is 0 Å². The molecule has 1 aromatic rings. The van der Waals surface area contributed by atoms with Gasteiger partial charge in [0.15, 0.2) is 0 Å². The van der Waals surface area contributed by atoms with E-state index in [-0.39, 0.29) is 17.9 Å². The van der Waals surface area contributed by atoms with Crippen molar-refractivity contribution in [2.24, 2.45) is 5.73 Å². The van der Waals surface area contributed by atoms with E-state index in [1.807, 2.05) is 0 Å². The minimum atomic E-state index is -0.697. The second-order valence-electron chi connectivity index (χ2n) is 4.73. The summed E-state index contributed by atoms with van der Waals surface area (Å²) in [5.74, 6) is -0.339. The maximum atomic E-state index is 10.9. The quantitative estimate of drug-likeness (QED) is 0.607. The van der Waals surface area contributed by atoms with Gasteiger partial charge in [-0.15, -0.1) is 0 Å². The van der Waals surface area contributed by atoms with Crippen LogP contribution in [0, 0.1) is 17.0 Å². The zero-order valence-electron chi connectivity index (χ0n) is 10.6. The first-order chi connectivity index (χ1) is 8.21. The second-order valence-corrected chi connectivity index (χ2v) is 4.73. The van der Waals surface area contributed by atoms with Crippen molar-refractivity contribution >= 4 is 17.4 Å². The van der Waals surface area contributed by atoms with E-state index < -0.39 is 16.4 Å². The molecule has 0 bridgehead atoms. The summed E-state index contributed by atoms with van der Waals surface area (Å²) in [6.07, 6.45) is 0.0553. The lowest BCUT2D eigenvalue weighted by molar-refractivity contribution is -0.384. The fraction of sp³-hybridized carbons (Fsp3) is 0.455. The van der Waals surface area contributed by atoms with E-state index in [9.17, 15) is 14.9 Å². The number of pyridine rings is 1. The van der Waals surface area contributed by atoms with Crippen molar-refractivity contribution in [3.63, 3.8) is 0 Å². The van der Waals surface area contributed by atoms with Crippen molar-refractivity contribution in [1.29, 1.82) is 0 Å². The number of rotatable bonds is 5. The van der Waals surface area contributed by atoms with Gasteiger partial charge in [0.1, 0.15) is 0 Å². The molecule has 7 heteroatoms. The van der Waals surface area contributed by atoms with Gasteiger partial charge in [-0.2, -0.15) is 0 Å².